The van der Waals surface area contributed by atoms with Gasteiger partial charge in [-0.1, -0.05) is 97.1 Å². The first-order valence-corrected chi connectivity index (χ1v) is 21.2. The summed E-state index contributed by atoms with van der Waals surface area (Å²) in [6.45, 7) is 10.8. The SMILES string of the molecule is Cc1cccc(C)c1CCc1cccc(N=Nc2c(C)[nH]n(Cc3ccccc3)c2=O)c1O.Cc1ccccc1CCc1cccc(N=Nc2c(C)[nH]n(CCCCO)c2=O)c1O. The van der Waals surface area contributed by atoms with Crippen LogP contribution in [0, 0.1) is 34.6 Å². The van der Waals surface area contributed by atoms with Crippen molar-refractivity contribution in [1.29, 1.82) is 0 Å². The van der Waals surface area contributed by atoms with Crippen LogP contribution in [0.15, 0.2) is 139 Å². The van der Waals surface area contributed by atoms with Crippen molar-refractivity contribution in [2.75, 3.05) is 6.61 Å². The lowest BCUT2D eigenvalue weighted by molar-refractivity contribution is 0.279. The predicted molar refractivity (Wildman–Crippen MR) is 248 cm³/mol. The van der Waals surface area contributed by atoms with E-state index in [0.717, 1.165) is 29.5 Å². The van der Waals surface area contributed by atoms with Gasteiger partial charge in [0.15, 0.2) is 11.4 Å². The fraction of sp³-hybridized carbons (Fsp3) is 0.280. The number of hydrogen-bond donors (Lipinski definition) is 5. The van der Waals surface area contributed by atoms with E-state index < -0.39 is 0 Å². The zero-order valence-electron chi connectivity index (χ0n) is 36.6. The van der Waals surface area contributed by atoms with Crippen LogP contribution in [0.4, 0.5) is 22.7 Å². The lowest BCUT2D eigenvalue weighted by atomic mass is 9.96. The maximum Gasteiger partial charge on any atom is 0.294 e. The number of aliphatic hydroxyl groups excluding tert-OH is 1. The fourth-order valence-electron chi connectivity index (χ4n) is 7.43. The number of phenolic OH excluding ortho intramolecular Hbond substituents is 2. The lowest BCUT2D eigenvalue weighted by Gasteiger charge is -2.11. The number of rotatable bonds is 16. The van der Waals surface area contributed by atoms with Gasteiger partial charge in [0.05, 0.1) is 17.9 Å². The molecule has 0 saturated carbocycles. The Balaban J connectivity index is 0.000000211. The summed E-state index contributed by atoms with van der Waals surface area (Å²) in [4.78, 5) is 25.3. The van der Waals surface area contributed by atoms with Crippen molar-refractivity contribution in [3.05, 3.63) is 186 Å². The van der Waals surface area contributed by atoms with Crippen molar-refractivity contribution in [2.45, 2.75) is 86.2 Å². The maximum atomic E-state index is 12.8. The van der Waals surface area contributed by atoms with E-state index in [-0.39, 0.29) is 40.6 Å². The number of phenols is 2. The average molecular weight is 849 g/mol. The predicted octanol–water partition coefficient (Wildman–Crippen LogP) is 10.5. The number of azo groups is 2. The fourth-order valence-corrected chi connectivity index (χ4v) is 7.43. The van der Waals surface area contributed by atoms with Crippen molar-refractivity contribution in [3.63, 3.8) is 0 Å². The van der Waals surface area contributed by atoms with E-state index >= 15 is 0 Å². The van der Waals surface area contributed by atoms with Gasteiger partial charge in [-0.2, -0.15) is 0 Å². The zero-order chi connectivity index (χ0) is 44.9. The van der Waals surface area contributed by atoms with Crippen LogP contribution in [0.3, 0.4) is 0 Å². The standard InChI is InChI=1S/C27H28N4O2.C23H28N4O3/c1-18-9-7-10-19(2)23(18)16-15-22-13-8-14-24(26(22)32)28-29-25-20(3)30-31(27(25)33)17-21-11-5-4-6-12-21;1-16-8-3-4-9-18(16)12-13-19-10-7-11-20(22(19)29)24-25-21-17(2)26-27(23(21)30)14-5-6-15-28/h4-14,30,32H,15-17H2,1-3H3;3-4,7-11,26,28-29H,5-6,12-15H2,1-2H3. The molecule has 7 rings (SSSR count). The van der Waals surface area contributed by atoms with Crippen molar-refractivity contribution in [3.8, 4) is 11.5 Å². The Morgan fingerprint density at radius 3 is 1.57 bits per heavy atom. The average Bonchev–Trinajstić information content (AvgIpc) is 3.70. The lowest BCUT2D eigenvalue weighted by Crippen LogP contribution is -2.17. The van der Waals surface area contributed by atoms with Crippen LogP contribution in [-0.2, 0) is 38.8 Å². The summed E-state index contributed by atoms with van der Waals surface area (Å²) in [6, 6.07) is 35.1. The molecule has 0 aliphatic heterocycles. The quantitative estimate of drug-likeness (QED) is 0.0478. The molecule has 7 aromatic rings. The highest BCUT2D eigenvalue weighted by molar-refractivity contribution is 5.57. The molecule has 0 saturated heterocycles. The second kappa shape index (κ2) is 21.6. The van der Waals surface area contributed by atoms with Gasteiger partial charge in [-0.3, -0.25) is 24.5 Å². The smallest absolute Gasteiger partial charge is 0.294 e. The Labute approximate surface area is 367 Å². The number of nitrogens with zero attached hydrogens (tertiary/aromatic N) is 6. The van der Waals surface area contributed by atoms with E-state index in [1.54, 1.807) is 26.0 Å². The van der Waals surface area contributed by atoms with Crippen molar-refractivity contribution < 1.29 is 15.3 Å². The Bertz CT molecular complexity index is 2790. The third kappa shape index (κ3) is 11.6. The molecule has 0 bridgehead atoms. The molecule has 0 unspecified atom stereocenters. The third-order valence-electron chi connectivity index (χ3n) is 11.1. The minimum Gasteiger partial charge on any atom is -0.505 e. The Morgan fingerprint density at radius 2 is 0.984 bits per heavy atom. The van der Waals surface area contributed by atoms with Gasteiger partial charge >= 0.3 is 0 Å². The summed E-state index contributed by atoms with van der Waals surface area (Å²) in [5.74, 6) is 0.191. The highest BCUT2D eigenvalue weighted by atomic mass is 16.3. The largest absolute Gasteiger partial charge is 0.505 e. The normalized spacial score (nSPS) is 11.4. The summed E-state index contributed by atoms with van der Waals surface area (Å²) in [5, 5.41) is 53.0. The Kier molecular flexibility index (Phi) is 15.6. The molecule has 0 aliphatic rings. The number of benzene rings is 5. The molecule has 0 amide bonds. The molecule has 5 aromatic carbocycles. The number of aromatic nitrogens is 4. The van der Waals surface area contributed by atoms with E-state index in [1.807, 2.05) is 66.7 Å². The van der Waals surface area contributed by atoms with E-state index in [1.165, 1.54) is 37.2 Å². The van der Waals surface area contributed by atoms with Crippen LogP contribution in [0.25, 0.3) is 0 Å². The van der Waals surface area contributed by atoms with Crippen molar-refractivity contribution in [1.82, 2.24) is 19.6 Å². The number of nitrogens with one attached hydrogen (secondary N) is 2. The molecule has 0 aliphatic carbocycles. The van der Waals surface area contributed by atoms with Gasteiger partial charge in [0.2, 0.25) is 0 Å². The van der Waals surface area contributed by atoms with Crippen LogP contribution < -0.4 is 11.1 Å². The van der Waals surface area contributed by atoms with Gasteiger partial charge in [0, 0.05) is 13.2 Å². The molecular weight excluding hydrogens is 793 g/mol. The molecular formula is C50H56N8O5. The van der Waals surface area contributed by atoms with E-state index in [0.29, 0.717) is 61.5 Å². The minimum absolute atomic E-state index is 0.0892. The molecule has 13 heteroatoms. The van der Waals surface area contributed by atoms with Crippen LogP contribution in [0.2, 0.25) is 0 Å². The van der Waals surface area contributed by atoms with E-state index in [9.17, 15) is 19.8 Å². The molecule has 0 radical (unpaired) electrons. The highest BCUT2D eigenvalue weighted by Crippen LogP contribution is 2.34. The summed E-state index contributed by atoms with van der Waals surface area (Å²) < 4.78 is 2.98. The Morgan fingerprint density at radius 1 is 0.508 bits per heavy atom. The van der Waals surface area contributed by atoms with Crippen molar-refractivity contribution in [2.24, 2.45) is 20.5 Å². The number of aliphatic hydroxyl groups is 1. The van der Waals surface area contributed by atoms with Crippen LogP contribution in [0.1, 0.15) is 68.7 Å². The second-order valence-corrected chi connectivity index (χ2v) is 15.7. The van der Waals surface area contributed by atoms with Gasteiger partial charge in [-0.25, -0.2) is 4.68 Å². The third-order valence-corrected chi connectivity index (χ3v) is 11.1. The van der Waals surface area contributed by atoms with Gasteiger partial charge in [-0.05, 0) is 130 Å². The minimum atomic E-state index is -0.260. The maximum absolute atomic E-state index is 12.8. The van der Waals surface area contributed by atoms with E-state index in [2.05, 4.69) is 81.8 Å². The first kappa shape index (κ1) is 45.4. The van der Waals surface area contributed by atoms with Crippen LogP contribution in [-0.4, -0.2) is 41.5 Å². The number of aromatic amines is 2. The molecule has 2 aromatic heterocycles. The first-order chi connectivity index (χ1) is 30.4. The second-order valence-electron chi connectivity index (χ2n) is 15.7. The summed E-state index contributed by atoms with van der Waals surface area (Å²) in [7, 11) is 0. The number of unbranched alkanes of at least 4 members (excludes halogenated alkanes) is 1. The Hall–Kier alpha value is -7.12. The summed E-state index contributed by atoms with van der Waals surface area (Å²) in [6.07, 6.45) is 4.33. The summed E-state index contributed by atoms with van der Waals surface area (Å²) >= 11 is 0. The number of hydrogen-bond acceptors (Lipinski definition) is 9. The molecule has 13 nitrogen and oxygen atoms in total. The van der Waals surface area contributed by atoms with Crippen LogP contribution >= 0.6 is 0 Å². The van der Waals surface area contributed by atoms with Gasteiger partial charge in [0.1, 0.15) is 22.9 Å². The molecule has 2 heterocycles. The zero-order valence-corrected chi connectivity index (χ0v) is 36.6. The van der Waals surface area contributed by atoms with Gasteiger partial charge < -0.3 is 15.3 Å². The molecule has 0 fully saturated rings. The number of aryl methyl sites for hydroxylation is 9. The first-order valence-electron chi connectivity index (χ1n) is 21.2. The van der Waals surface area contributed by atoms with E-state index in [4.69, 9.17) is 5.11 Å². The molecule has 0 spiro atoms. The topological polar surface area (TPSA) is 186 Å². The number of para-hydroxylation sites is 2. The number of aromatic hydroxyl groups is 2. The van der Waals surface area contributed by atoms with Crippen LogP contribution in [0.5, 0.6) is 11.5 Å². The number of H-pyrrole nitrogens is 2. The van der Waals surface area contributed by atoms with Gasteiger partial charge in [-0.15, -0.1) is 20.5 Å². The van der Waals surface area contributed by atoms with Gasteiger partial charge in [0.25, 0.3) is 11.1 Å². The molecule has 326 valence electrons. The monoisotopic (exact) mass is 848 g/mol. The molecule has 0 atom stereocenters. The highest BCUT2D eigenvalue weighted by Gasteiger charge is 2.15. The molecule has 63 heavy (non-hydrogen) atoms. The van der Waals surface area contributed by atoms with Crippen molar-refractivity contribution >= 4 is 22.7 Å². The molecule has 5 N–H and O–H groups in total. The summed E-state index contributed by atoms with van der Waals surface area (Å²) in [5.41, 5.74) is 10.8.